The van der Waals surface area contributed by atoms with Crippen molar-refractivity contribution in [3.8, 4) is 5.82 Å². The molecule has 0 unspecified atom stereocenters. The van der Waals surface area contributed by atoms with Gasteiger partial charge in [0.05, 0.1) is 24.1 Å². The molecule has 4 aromatic rings. The fourth-order valence-electron chi connectivity index (χ4n) is 4.60. The van der Waals surface area contributed by atoms with E-state index >= 15 is 0 Å². The second kappa shape index (κ2) is 8.99. The van der Waals surface area contributed by atoms with E-state index in [2.05, 4.69) is 37.5 Å². The van der Waals surface area contributed by atoms with Crippen molar-refractivity contribution in [1.82, 2.24) is 29.2 Å². The van der Waals surface area contributed by atoms with E-state index in [0.717, 1.165) is 27.8 Å². The van der Waals surface area contributed by atoms with Gasteiger partial charge in [0.25, 0.3) is 0 Å². The third kappa shape index (κ3) is 4.16. The molecule has 1 aliphatic rings. The van der Waals surface area contributed by atoms with Crippen molar-refractivity contribution in [2.45, 2.75) is 39.0 Å². The van der Waals surface area contributed by atoms with Crippen molar-refractivity contribution in [3.05, 3.63) is 59.7 Å². The van der Waals surface area contributed by atoms with Gasteiger partial charge in [-0.3, -0.25) is 4.90 Å². The smallest absolute Gasteiger partial charge is 0.247 e. The first-order valence-electron chi connectivity index (χ1n) is 11.3. The first kappa shape index (κ1) is 22.8. The molecule has 10 heteroatoms. The van der Waals surface area contributed by atoms with Crippen LogP contribution in [0.5, 0.6) is 0 Å². The van der Waals surface area contributed by atoms with Crippen LogP contribution in [0.3, 0.4) is 0 Å². The molecule has 0 saturated carbocycles. The Balaban J connectivity index is 1.39. The molecule has 1 aliphatic heterocycles. The van der Waals surface area contributed by atoms with Crippen LogP contribution in [0, 0.1) is 13.8 Å². The Morgan fingerprint density at radius 3 is 2.82 bits per heavy atom. The zero-order valence-electron chi connectivity index (χ0n) is 19.4. The summed E-state index contributed by atoms with van der Waals surface area (Å²) in [5, 5.41) is 25.3. The molecule has 5 rings (SSSR count). The van der Waals surface area contributed by atoms with Crippen LogP contribution in [0.2, 0.25) is 0 Å². The molecule has 4 heterocycles. The Kier molecular flexibility index (Phi) is 6.03. The van der Waals surface area contributed by atoms with Crippen LogP contribution in [0.25, 0.3) is 16.7 Å². The minimum absolute atomic E-state index is 0.0272. The molecule has 9 nitrogen and oxygen atoms in total. The van der Waals surface area contributed by atoms with E-state index in [-0.39, 0.29) is 12.6 Å². The standard InChI is InChI=1S/C24H28ClN7O2/c1-15-8-17-9-19(4-5-22(17)29(15)3)32(25)24-26-7-6-23(27-24)31-12-18(16(2)28-31)11-30-13-21(34)10-20(30)14-33/h4-9,12,20-21,33-34H,10-11,13-14H2,1-3H3/t20-,21+/m0/s1. The summed E-state index contributed by atoms with van der Waals surface area (Å²) in [6, 6.07) is 9.86. The first-order chi connectivity index (χ1) is 16.3. The molecule has 2 N–H and O–H groups in total. The van der Waals surface area contributed by atoms with E-state index < -0.39 is 6.10 Å². The lowest BCUT2D eigenvalue weighted by atomic mass is 10.2. The molecule has 1 fully saturated rings. The zero-order valence-corrected chi connectivity index (χ0v) is 20.2. The van der Waals surface area contributed by atoms with Crippen molar-refractivity contribution < 1.29 is 10.2 Å². The highest BCUT2D eigenvalue weighted by molar-refractivity contribution is 6.29. The average molecular weight is 482 g/mol. The summed E-state index contributed by atoms with van der Waals surface area (Å²) >= 11 is 6.65. The molecular weight excluding hydrogens is 454 g/mol. The minimum Gasteiger partial charge on any atom is -0.395 e. The summed E-state index contributed by atoms with van der Waals surface area (Å²) in [7, 11) is 2.04. The summed E-state index contributed by atoms with van der Waals surface area (Å²) in [5.41, 5.74) is 4.96. The number of aryl methyl sites for hydroxylation is 3. The van der Waals surface area contributed by atoms with Gasteiger partial charge in [0.15, 0.2) is 5.82 Å². The van der Waals surface area contributed by atoms with Crippen molar-refractivity contribution >= 4 is 34.3 Å². The fraction of sp³-hybridized carbons (Fsp3) is 0.375. The topological polar surface area (TPSA) is 95.5 Å². The van der Waals surface area contributed by atoms with Crippen LogP contribution in [-0.2, 0) is 13.6 Å². The number of anilines is 2. The van der Waals surface area contributed by atoms with Gasteiger partial charge in [0.2, 0.25) is 5.95 Å². The van der Waals surface area contributed by atoms with Gasteiger partial charge in [0, 0.05) is 78.6 Å². The predicted octanol–water partition coefficient (Wildman–Crippen LogP) is 2.99. The van der Waals surface area contributed by atoms with Crippen molar-refractivity contribution in [2.75, 3.05) is 17.6 Å². The highest BCUT2D eigenvalue weighted by Crippen LogP contribution is 2.30. The summed E-state index contributed by atoms with van der Waals surface area (Å²) in [6.45, 7) is 5.18. The number of hydrogen-bond donors (Lipinski definition) is 2. The number of fused-ring (bicyclic) bond motifs is 1. The van der Waals surface area contributed by atoms with Gasteiger partial charge >= 0.3 is 0 Å². The second-order valence-electron chi connectivity index (χ2n) is 8.92. The van der Waals surface area contributed by atoms with E-state index in [0.29, 0.717) is 31.3 Å². The molecular formula is C24H28ClN7O2. The van der Waals surface area contributed by atoms with Crippen molar-refractivity contribution in [3.63, 3.8) is 0 Å². The molecule has 0 bridgehead atoms. The lowest BCUT2D eigenvalue weighted by molar-refractivity contribution is 0.150. The van der Waals surface area contributed by atoms with Gasteiger partial charge in [-0.1, -0.05) is 0 Å². The Morgan fingerprint density at radius 1 is 1.21 bits per heavy atom. The number of halogens is 1. The fourth-order valence-corrected chi connectivity index (χ4v) is 4.79. The maximum atomic E-state index is 9.97. The van der Waals surface area contributed by atoms with Crippen LogP contribution >= 0.6 is 11.8 Å². The maximum absolute atomic E-state index is 9.97. The zero-order chi connectivity index (χ0) is 24.0. The number of nitrogens with zero attached hydrogens (tertiary/aromatic N) is 7. The normalized spacial score (nSPS) is 18.8. The molecule has 0 radical (unpaired) electrons. The van der Waals surface area contributed by atoms with Gasteiger partial charge in [0.1, 0.15) is 0 Å². The van der Waals surface area contributed by atoms with Crippen molar-refractivity contribution in [2.24, 2.45) is 7.05 Å². The number of likely N-dealkylation sites (tertiary alicyclic amines) is 1. The highest BCUT2D eigenvalue weighted by Gasteiger charge is 2.30. The molecule has 1 saturated heterocycles. The lowest BCUT2D eigenvalue weighted by Crippen LogP contribution is -2.32. The molecule has 0 aliphatic carbocycles. The maximum Gasteiger partial charge on any atom is 0.247 e. The third-order valence-corrected chi connectivity index (χ3v) is 6.97. The number of aliphatic hydroxyl groups excluding tert-OH is 2. The van der Waals surface area contributed by atoms with Crippen LogP contribution in [0.1, 0.15) is 23.4 Å². The van der Waals surface area contributed by atoms with E-state index in [1.165, 1.54) is 10.1 Å². The van der Waals surface area contributed by atoms with Crippen molar-refractivity contribution in [1.29, 1.82) is 0 Å². The van der Waals surface area contributed by atoms with Gasteiger partial charge in [-0.2, -0.15) is 10.1 Å². The number of β-amino-alcohol motifs (C(OH)–C–C–N with tert-alkyl or cyclic N) is 1. The number of benzene rings is 1. The van der Waals surface area contributed by atoms with E-state index in [4.69, 9.17) is 11.8 Å². The van der Waals surface area contributed by atoms with Gasteiger partial charge in [-0.05, 0) is 44.5 Å². The summed E-state index contributed by atoms with van der Waals surface area (Å²) in [6.07, 6.45) is 3.76. The molecule has 2 atom stereocenters. The van der Waals surface area contributed by atoms with Gasteiger partial charge in [-0.25, -0.2) is 14.1 Å². The Bertz CT molecular complexity index is 1330. The number of aromatic nitrogens is 5. The SMILES string of the molecule is Cc1nn(-c2ccnc(N(Cl)c3ccc4c(c3)cc(C)n4C)n2)cc1CN1C[C@H](O)C[C@H]1CO. The summed E-state index contributed by atoms with van der Waals surface area (Å²) < 4.78 is 5.29. The van der Waals surface area contributed by atoms with Gasteiger partial charge in [-0.15, -0.1) is 0 Å². The summed E-state index contributed by atoms with van der Waals surface area (Å²) in [5.74, 6) is 0.950. The number of aliphatic hydroxyl groups is 2. The largest absolute Gasteiger partial charge is 0.395 e. The van der Waals surface area contributed by atoms with Gasteiger partial charge < -0.3 is 14.8 Å². The third-order valence-electron chi connectivity index (χ3n) is 6.62. The summed E-state index contributed by atoms with van der Waals surface area (Å²) in [4.78, 5) is 11.1. The quantitative estimate of drug-likeness (QED) is 0.409. The molecule has 0 amide bonds. The molecule has 34 heavy (non-hydrogen) atoms. The van der Waals surface area contributed by atoms with E-state index in [1.807, 2.05) is 38.4 Å². The molecule has 0 spiro atoms. The Hall–Kier alpha value is -2.98. The first-order valence-corrected chi connectivity index (χ1v) is 11.6. The molecule has 178 valence electrons. The van der Waals surface area contributed by atoms with E-state index in [1.54, 1.807) is 16.9 Å². The predicted molar refractivity (Wildman–Crippen MR) is 131 cm³/mol. The highest BCUT2D eigenvalue weighted by atomic mass is 35.5. The minimum atomic E-state index is -0.411. The van der Waals surface area contributed by atoms with E-state index in [9.17, 15) is 10.2 Å². The van der Waals surface area contributed by atoms with Crippen LogP contribution in [-0.4, -0.2) is 64.7 Å². The number of hydrogen-bond acceptors (Lipinski definition) is 7. The second-order valence-corrected chi connectivity index (χ2v) is 9.26. The number of rotatable bonds is 6. The van der Waals surface area contributed by atoms with Crippen LogP contribution < -0.4 is 4.42 Å². The Morgan fingerprint density at radius 2 is 2.03 bits per heavy atom. The monoisotopic (exact) mass is 481 g/mol. The van der Waals surface area contributed by atoms with Crippen LogP contribution in [0.4, 0.5) is 11.6 Å². The van der Waals surface area contributed by atoms with Crippen LogP contribution in [0.15, 0.2) is 42.7 Å². The molecule has 3 aromatic heterocycles. The Labute approximate surface area is 202 Å². The average Bonchev–Trinajstić information content (AvgIpc) is 3.48. The lowest BCUT2D eigenvalue weighted by Gasteiger charge is -2.21. The molecule has 1 aromatic carbocycles.